The highest BCUT2D eigenvalue weighted by atomic mass is 35.5. The van der Waals surface area contributed by atoms with Gasteiger partial charge in [-0.3, -0.25) is 0 Å². The van der Waals surface area contributed by atoms with Crippen LogP contribution in [-0.4, -0.2) is 13.6 Å². The summed E-state index contributed by atoms with van der Waals surface area (Å²) < 4.78 is 14.0. The van der Waals surface area contributed by atoms with Crippen LogP contribution in [0.15, 0.2) is 18.2 Å². The van der Waals surface area contributed by atoms with Crippen LogP contribution in [-0.2, 0) is 6.42 Å². The second kappa shape index (κ2) is 6.71. The molecule has 1 aromatic rings. The largest absolute Gasteiger partial charge is 0.319 e. The number of benzene rings is 1. The van der Waals surface area contributed by atoms with Crippen LogP contribution in [0.25, 0.3) is 0 Å². The van der Waals surface area contributed by atoms with E-state index in [1.54, 1.807) is 6.07 Å². The number of nitrogens with one attached hydrogen (secondary N) is 1. The van der Waals surface area contributed by atoms with Gasteiger partial charge in [0.1, 0.15) is 5.82 Å². The standard InChI is InChI=1S/C16H23ClFN/c1-11-6-7-13(10-19-2)14(8-11)9-12-4-3-5-15(17)16(12)18/h3-5,11,13-14,19H,6-10H2,1-2H3. The Balaban J connectivity index is 2.11. The molecule has 3 atom stereocenters. The Morgan fingerprint density at radius 1 is 1.32 bits per heavy atom. The van der Waals surface area contributed by atoms with Gasteiger partial charge in [-0.05, 0) is 62.2 Å². The van der Waals surface area contributed by atoms with Crippen LogP contribution in [0.5, 0.6) is 0 Å². The molecule has 0 bridgehead atoms. The van der Waals surface area contributed by atoms with E-state index in [-0.39, 0.29) is 10.8 Å². The molecule has 0 aliphatic heterocycles. The Morgan fingerprint density at radius 3 is 2.84 bits per heavy atom. The van der Waals surface area contributed by atoms with E-state index in [1.807, 2.05) is 19.2 Å². The summed E-state index contributed by atoms with van der Waals surface area (Å²) >= 11 is 5.87. The highest BCUT2D eigenvalue weighted by Gasteiger charge is 2.29. The van der Waals surface area contributed by atoms with Crippen molar-refractivity contribution in [3.8, 4) is 0 Å². The molecular weight excluding hydrogens is 261 g/mol. The van der Waals surface area contributed by atoms with Crippen LogP contribution in [0.4, 0.5) is 4.39 Å². The molecule has 106 valence electrons. The molecule has 3 heteroatoms. The molecule has 1 aliphatic rings. The molecular formula is C16H23ClFN. The van der Waals surface area contributed by atoms with Gasteiger partial charge in [-0.15, -0.1) is 0 Å². The van der Waals surface area contributed by atoms with Crippen LogP contribution < -0.4 is 5.32 Å². The number of rotatable bonds is 4. The summed E-state index contributed by atoms with van der Waals surface area (Å²) in [6, 6.07) is 5.34. The smallest absolute Gasteiger partial charge is 0.144 e. The van der Waals surface area contributed by atoms with Crippen LogP contribution in [0.3, 0.4) is 0 Å². The predicted molar refractivity (Wildman–Crippen MR) is 79.0 cm³/mol. The Labute approximate surface area is 120 Å². The number of halogens is 2. The van der Waals surface area contributed by atoms with E-state index in [4.69, 9.17) is 11.6 Å². The van der Waals surface area contributed by atoms with E-state index < -0.39 is 0 Å². The van der Waals surface area contributed by atoms with Crippen molar-refractivity contribution in [2.75, 3.05) is 13.6 Å². The lowest BCUT2D eigenvalue weighted by atomic mass is 9.72. The average Bonchev–Trinajstić information content (AvgIpc) is 2.38. The molecule has 0 radical (unpaired) electrons. The van der Waals surface area contributed by atoms with Crippen LogP contribution in [0.2, 0.25) is 5.02 Å². The molecule has 0 aromatic heterocycles. The minimum absolute atomic E-state index is 0.231. The third kappa shape index (κ3) is 3.70. The van der Waals surface area contributed by atoms with Gasteiger partial charge in [0, 0.05) is 0 Å². The zero-order chi connectivity index (χ0) is 13.8. The molecule has 0 amide bonds. The highest BCUT2D eigenvalue weighted by molar-refractivity contribution is 6.30. The normalized spacial score (nSPS) is 27.5. The Hall–Kier alpha value is -0.600. The molecule has 1 saturated carbocycles. The summed E-state index contributed by atoms with van der Waals surface area (Å²) in [5.74, 6) is 1.73. The fraction of sp³-hybridized carbons (Fsp3) is 0.625. The second-order valence-electron chi connectivity index (χ2n) is 5.91. The molecule has 1 aromatic carbocycles. The van der Waals surface area contributed by atoms with Gasteiger partial charge in [0.25, 0.3) is 0 Å². The number of hydrogen-bond donors (Lipinski definition) is 1. The highest BCUT2D eigenvalue weighted by Crippen LogP contribution is 2.36. The summed E-state index contributed by atoms with van der Waals surface area (Å²) in [5, 5.41) is 3.52. The monoisotopic (exact) mass is 283 g/mol. The first kappa shape index (κ1) is 14.8. The Kier molecular flexibility index (Phi) is 5.23. The third-order valence-corrected chi connectivity index (χ3v) is 4.67. The van der Waals surface area contributed by atoms with E-state index in [0.29, 0.717) is 11.8 Å². The molecule has 3 unspecified atom stereocenters. The average molecular weight is 284 g/mol. The molecule has 0 heterocycles. The Morgan fingerprint density at radius 2 is 2.11 bits per heavy atom. The summed E-state index contributed by atoms with van der Waals surface area (Å²) in [6.45, 7) is 3.33. The zero-order valence-electron chi connectivity index (χ0n) is 11.8. The van der Waals surface area contributed by atoms with Gasteiger partial charge in [-0.2, -0.15) is 0 Å². The van der Waals surface area contributed by atoms with E-state index in [1.165, 1.54) is 19.3 Å². The van der Waals surface area contributed by atoms with Gasteiger partial charge in [0.15, 0.2) is 0 Å². The van der Waals surface area contributed by atoms with Crippen molar-refractivity contribution in [2.24, 2.45) is 17.8 Å². The SMILES string of the molecule is CNCC1CCC(C)CC1Cc1cccc(Cl)c1F. The van der Waals surface area contributed by atoms with Gasteiger partial charge in [0.05, 0.1) is 5.02 Å². The first-order chi connectivity index (χ1) is 9.11. The van der Waals surface area contributed by atoms with E-state index >= 15 is 0 Å². The number of hydrogen-bond acceptors (Lipinski definition) is 1. The lowest BCUT2D eigenvalue weighted by Crippen LogP contribution is -2.32. The lowest BCUT2D eigenvalue weighted by molar-refractivity contribution is 0.185. The minimum Gasteiger partial charge on any atom is -0.319 e. The fourth-order valence-electron chi connectivity index (χ4n) is 3.33. The maximum atomic E-state index is 14.0. The first-order valence-corrected chi connectivity index (χ1v) is 7.57. The quantitative estimate of drug-likeness (QED) is 0.869. The fourth-order valence-corrected chi connectivity index (χ4v) is 3.53. The van der Waals surface area contributed by atoms with Crippen molar-refractivity contribution in [1.82, 2.24) is 5.32 Å². The second-order valence-corrected chi connectivity index (χ2v) is 6.32. The molecule has 1 aliphatic carbocycles. The molecule has 2 rings (SSSR count). The van der Waals surface area contributed by atoms with Gasteiger partial charge >= 0.3 is 0 Å². The molecule has 1 fully saturated rings. The maximum Gasteiger partial charge on any atom is 0.144 e. The topological polar surface area (TPSA) is 12.0 Å². The summed E-state index contributed by atoms with van der Waals surface area (Å²) in [7, 11) is 2.00. The maximum absolute atomic E-state index is 14.0. The van der Waals surface area contributed by atoms with Gasteiger partial charge in [0.2, 0.25) is 0 Å². The van der Waals surface area contributed by atoms with Gasteiger partial charge in [-0.25, -0.2) is 4.39 Å². The molecule has 0 spiro atoms. The van der Waals surface area contributed by atoms with Crippen molar-refractivity contribution in [3.63, 3.8) is 0 Å². The van der Waals surface area contributed by atoms with Crippen molar-refractivity contribution in [3.05, 3.63) is 34.6 Å². The van der Waals surface area contributed by atoms with Crippen LogP contribution in [0, 0.1) is 23.6 Å². The molecule has 0 saturated heterocycles. The van der Waals surface area contributed by atoms with Crippen LogP contribution in [0.1, 0.15) is 31.7 Å². The summed E-state index contributed by atoms with van der Waals surface area (Å²) in [5.41, 5.74) is 0.771. The Bertz CT molecular complexity index is 421. The van der Waals surface area contributed by atoms with Crippen molar-refractivity contribution < 1.29 is 4.39 Å². The van der Waals surface area contributed by atoms with Crippen molar-refractivity contribution in [2.45, 2.75) is 32.6 Å². The molecule has 1 nitrogen and oxygen atoms in total. The lowest BCUT2D eigenvalue weighted by Gasteiger charge is -2.35. The predicted octanol–water partition coefficient (Wildman–Crippen LogP) is 4.29. The molecule has 19 heavy (non-hydrogen) atoms. The van der Waals surface area contributed by atoms with E-state index in [9.17, 15) is 4.39 Å². The first-order valence-electron chi connectivity index (χ1n) is 7.19. The van der Waals surface area contributed by atoms with Gasteiger partial charge < -0.3 is 5.32 Å². The van der Waals surface area contributed by atoms with Crippen molar-refractivity contribution >= 4 is 11.6 Å². The summed E-state index contributed by atoms with van der Waals surface area (Å²) in [6.07, 6.45) is 4.54. The minimum atomic E-state index is -0.231. The zero-order valence-corrected chi connectivity index (χ0v) is 12.5. The van der Waals surface area contributed by atoms with E-state index in [2.05, 4.69) is 12.2 Å². The molecule has 1 N–H and O–H groups in total. The van der Waals surface area contributed by atoms with Crippen molar-refractivity contribution in [1.29, 1.82) is 0 Å². The van der Waals surface area contributed by atoms with Crippen LogP contribution >= 0.6 is 11.6 Å². The van der Waals surface area contributed by atoms with E-state index in [0.717, 1.165) is 24.4 Å². The third-order valence-electron chi connectivity index (χ3n) is 4.38. The van der Waals surface area contributed by atoms with Gasteiger partial charge in [-0.1, -0.05) is 37.1 Å². The summed E-state index contributed by atoms with van der Waals surface area (Å²) in [4.78, 5) is 0.